The lowest BCUT2D eigenvalue weighted by Gasteiger charge is -2.32. The van der Waals surface area contributed by atoms with Gasteiger partial charge in [0.15, 0.2) is 0 Å². The highest BCUT2D eigenvalue weighted by molar-refractivity contribution is 5.40. The highest BCUT2D eigenvalue weighted by Crippen LogP contribution is 2.30. The number of hydrogen-bond acceptors (Lipinski definition) is 5. The van der Waals surface area contributed by atoms with Crippen LogP contribution >= 0.6 is 0 Å². The van der Waals surface area contributed by atoms with Gasteiger partial charge in [0.05, 0.1) is 14.2 Å². The monoisotopic (exact) mass is 344 g/mol. The lowest BCUT2D eigenvalue weighted by molar-refractivity contribution is 0.197. The van der Waals surface area contributed by atoms with Crippen LogP contribution in [0.15, 0.2) is 24.5 Å². The molecule has 1 aromatic heterocycles. The second-order valence-electron chi connectivity index (χ2n) is 6.61. The molecule has 136 valence electrons. The molecule has 25 heavy (non-hydrogen) atoms. The van der Waals surface area contributed by atoms with Gasteiger partial charge in [0.1, 0.15) is 23.7 Å². The average molecular weight is 344 g/mol. The van der Waals surface area contributed by atoms with Gasteiger partial charge in [-0.05, 0) is 50.6 Å². The van der Waals surface area contributed by atoms with Gasteiger partial charge in [-0.25, -0.2) is 0 Å². The van der Waals surface area contributed by atoms with Crippen molar-refractivity contribution in [3.05, 3.63) is 35.9 Å². The molecule has 0 radical (unpaired) electrons. The summed E-state index contributed by atoms with van der Waals surface area (Å²) in [6, 6.07) is 5.99. The van der Waals surface area contributed by atoms with Gasteiger partial charge in [-0.1, -0.05) is 6.92 Å². The zero-order chi connectivity index (χ0) is 17.6. The number of methoxy groups -OCH3 is 2. The van der Waals surface area contributed by atoms with Gasteiger partial charge in [-0.15, -0.1) is 10.2 Å². The summed E-state index contributed by atoms with van der Waals surface area (Å²) >= 11 is 0. The summed E-state index contributed by atoms with van der Waals surface area (Å²) in [5.74, 6) is 3.46. The van der Waals surface area contributed by atoms with Gasteiger partial charge in [0, 0.05) is 24.6 Å². The molecule has 1 aliphatic rings. The molecule has 0 unspecified atom stereocenters. The van der Waals surface area contributed by atoms with Crippen LogP contribution in [0.5, 0.6) is 11.5 Å². The second-order valence-corrected chi connectivity index (χ2v) is 6.61. The maximum Gasteiger partial charge on any atom is 0.136 e. The molecule has 0 bridgehead atoms. The van der Waals surface area contributed by atoms with Crippen molar-refractivity contribution in [2.24, 2.45) is 0 Å². The van der Waals surface area contributed by atoms with Gasteiger partial charge >= 0.3 is 0 Å². The maximum atomic E-state index is 5.51. The van der Waals surface area contributed by atoms with E-state index in [0.29, 0.717) is 5.92 Å². The highest BCUT2D eigenvalue weighted by Gasteiger charge is 2.25. The van der Waals surface area contributed by atoms with Crippen LogP contribution in [0.2, 0.25) is 0 Å². The third-order valence-corrected chi connectivity index (χ3v) is 4.94. The third-order valence-electron chi connectivity index (χ3n) is 4.94. The molecule has 0 aliphatic carbocycles. The summed E-state index contributed by atoms with van der Waals surface area (Å²) in [6.07, 6.45) is 5.22. The van der Waals surface area contributed by atoms with E-state index in [4.69, 9.17) is 9.47 Å². The van der Waals surface area contributed by atoms with Crippen molar-refractivity contribution in [1.82, 2.24) is 19.7 Å². The number of piperidine rings is 1. The number of nitrogens with zero attached hydrogens (tertiary/aromatic N) is 4. The fourth-order valence-corrected chi connectivity index (χ4v) is 3.59. The van der Waals surface area contributed by atoms with E-state index in [9.17, 15) is 0 Å². The fraction of sp³-hybridized carbons (Fsp3) is 0.579. The zero-order valence-electron chi connectivity index (χ0n) is 15.4. The zero-order valence-corrected chi connectivity index (χ0v) is 15.4. The van der Waals surface area contributed by atoms with E-state index in [0.717, 1.165) is 62.8 Å². The predicted molar refractivity (Wildman–Crippen MR) is 97.1 cm³/mol. The Morgan fingerprint density at radius 2 is 1.96 bits per heavy atom. The van der Waals surface area contributed by atoms with E-state index >= 15 is 0 Å². The summed E-state index contributed by atoms with van der Waals surface area (Å²) in [4.78, 5) is 2.48. The topological polar surface area (TPSA) is 52.4 Å². The van der Waals surface area contributed by atoms with Gasteiger partial charge in [0.2, 0.25) is 0 Å². The van der Waals surface area contributed by atoms with Crippen molar-refractivity contribution < 1.29 is 9.47 Å². The van der Waals surface area contributed by atoms with Crippen molar-refractivity contribution in [3.63, 3.8) is 0 Å². The Hall–Kier alpha value is -2.08. The summed E-state index contributed by atoms with van der Waals surface area (Å²) < 4.78 is 13.1. The van der Waals surface area contributed by atoms with Crippen LogP contribution in [0.1, 0.15) is 43.5 Å². The summed E-state index contributed by atoms with van der Waals surface area (Å²) in [5.41, 5.74) is 1.18. The minimum absolute atomic E-state index is 0.512. The number of aromatic nitrogens is 3. The quantitative estimate of drug-likeness (QED) is 0.772. The van der Waals surface area contributed by atoms with Crippen molar-refractivity contribution in [2.75, 3.05) is 27.3 Å². The minimum Gasteiger partial charge on any atom is -0.497 e. The third kappa shape index (κ3) is 4.12. The van der Waals surface area contributed by atoms with Gasteiger partial charge in [-0.3, -0.25) is 4.90 Å². The molecular weight excluding hydrogens is 316 g/mol. The Balaban J connectivity index is 1.62. The minimum atomic E-state index is 0.512. The molecule has 6 nitrogen and oxygen atoms in total. The molecule has 1 fully saturated rings. The van der Waals surface area contributed by atoms with Crippen LogP contribution in [0.25, 0.3) is 0 Å². The van der Waals surface area contributed by atoms with Gasteiger partial charge in [0.25, 0.3) is 0 Å². The lowest BCUT2D eigenvalue weighted by atomic mass is 9.95. The van der Waals surface area contributed by atoms with Crippen molar-refractivity contribution in [3.8, 4) is 11.5 Å². The second kappa shape index (κ2) is 8.34. The first-order valence-corrected chi connectivity index (χ1v) is 9.06. The van der Waals surface area contributed by atoms with E-state index in [1.54, 1.807) is 14.2 Å². The molecule has 1 aliphatic heterocycles. The molecule has 0 amide bonds. The number of likely N-dealkylation sites (tertiary alicyclic amines) is 1. The van der Waals surface area contributed by atoms with Gasteiger partial charge < -0.3 is 14.0 Å². The summed E-state index contributed by atoms with van der Waals surface area (Å²) in [6.45, 7) is 6.19. The van der Waals surface area contributed by atoms with Crippen LogP contribution in [0.4, 0.5) is 0 Å². The van der Waals surface area contributed by atoms with E-state index < -0.39 is 0 Å². The molecular formula is C19H28N4O2. The molecule has 1 aromatic carbocycles. The maximum absolute atomic E-state index is 5.51. The molecule has 0 spiro atoms. The smallest absolute Gasteiger partial charge is 0.136 e. The Labute approximate surface area is 149 Å². The Kier molecular flexibility index (Phi) is 5.91. The first kappa shape index (κ1) is 17.7. The Morgan fingerprint density at radius 3 is 2.64 bits per heavy atom. The molecule has 2 aromatic rings. The van der Waals surface area contributed by atoms with E-state index in [1.807, 2.05) is 18.5 Å². The number of rotatable bonds is 7. The van der Waals surface area contributed by atoms with Gasteiger partial charge in [-0.2, -0.15) is 0 Å². The standard InChI is InChI=1S/C19H28N4O2/c1-4-9-23-14-20-21-19(23)15-7-10-22(11-8-15)13-16-12-17(24-2)5-6-18(16)25-3/h5-6,12,14-15H,4,7-11,13H2,1-3H3. The Morgan fingerprint density at radius 1 is 1.16 bits per heavy atom. The van der Waals surface area contributed by atoms with E-state index in [2.05, 4.69) is 32.7 Å². The highest BCUT2D eigenvalue weighted by atomic mass is 16.5. The van der Waals surface area contributed by atoms with E-state index in [-0.39, 0.29) is 0 Å². The van der Waals surface area contributed by atoms with Crippen molar-refractivity contribution in [2.45, 2.75) is 45.2 Å². The molecule has 1 saturated heterocycles. The first-order chi connectivity index (χ1) is 12.2. The number of hydrogen-bond donors (Lipinski definition) is 0. The van der Waals surface area contributed by atoms with Crippen LogP contribution in [-0.2, 0) is 13.1 Å². The van der Waals surface area contributed by atoms with Crippen LogP contribution < -0.4 is 9.47 Å². The van der Waals surface area contributed by atoms with Crippen LogP contribution in [-0.4, -0.2) is 47.0 Å². The number of benzene rings is 1. The predicted octanol–water partition coefficient (Wildman–Crippen LogP) is 3.08. The molecule has 0 N–H and O–H groups in total. The molecule has 0 saturated carbocycles. The van der Waals surface area contributed by atoms with E-state index in [1.165, 1.54) is 5.56 Å². The lowest BCUT2D eigenvalue weighted by Crippen LogP contribution is -2.33. The summed E-state index contributed by atoms with van der Waals surface area (Å²) in [7, 11) is 3.42. The number of aryl methyl sites for hydroxylation is 1. The molecule has 3 rings (SSSR count). The number of ether oxygens (including phenoxy) is 2. The van der Waals surface area contributed by atoms with Crippen molar-refractivity contribution >= 4 is 0 Å². The SMILES string of the molecule is CCCn1cnnc1C1CCN(Cc2cc(OC)ccc2OC)CC1. The molecule has 0 atom stereocenters. The summed E-state index contributed by atoms with van der Waals surface area (Å²) in [5, 5.41) is 8.49. The Bertz CT molecular complexity index is 678. The average Bonchev–Trinajstić information content (AvgIpc) is 3.11. The fourth-order valence-electron chi connectivity index (χ4n) is 3.59. The molecule has 6 heteroatoms. The largest absolute Gasteiger partial charge is 0.497 e. The normalized spacial score (nSPS) is 16.1. The first-order valence-electron chi connectivity index (χ1n) is 9.06. The molecule has 2 heterocycles. The van der Waals surface area contributed by atoms with Crippen molar-refractivity contribution in [1.29, 1.82) is 0 Å². The van der Waals surface area contributed by atoms with Crippen LogP contribution in [0, 0.1) is 0 Å². The van der Waals surface area contributed by atoms with Crippen LogP contribution in [0.3, 0.4) is 0 Å².